The van der Waals surface area contributed by atoms with Crippen molar-refractivity contribution < 1.29 is 28.6 Å². The summed E-state index contributed by atoms with van der Waals surface area (Å²) >= 11 is 0. The first kappa shape index (κ1) is 76.1. The molecule has 1 atom stereocenters. The third kappa shape index (κ3) is 65.8. The normalized spacial score (nSPS) is 12.4. The summed E-state index contributed by atoms with van der Waals surface area (Å²) in [6.45, 7) is 6.55. The minimum absolute atomic E-state index is 0.0720. The van der Waals surface area contributed by atoms with Gasteiger partial charge in [-0.15, -0.1) is 0 Å². The van der Waals surface area contributed by atoms with E-state index in [1.807, 2.05) is 0 Å². The maximum Gasteiger partial charge on any atom is 0.306 e. The smallest absolute Gasteiger partial charge is 0.306 e. The zero-order valence-corrected chi connectivity index (χ0v) is 52.9. The summed E-state index contributed by atoms with van der Waals surface area (Å²) in [5, 5.41) is 0. The molecule has 0 aliphatic carbocycles. The van der Waals surface area contributed by atoms with Gasteiger partial charge in [-0.05, 0) is 64.2 Å². The highest BCUT2D eigenvalue weighted by molar-refractivity contribution is 5.71. The van der Waals surface area contributed by atoms with Crippen molar-refractivity contribution in [1.82, 2.24) is 0 Å². The average Bonchev–Trinajstić information content (AvgIpc) is 3.45. The molecule has 0 N–H and O–H groups in total. The first-order valence-corrected chi connectivity index (χ1v) is 34.8. The van der Waals surface area contributed by atoms with Crippen molar-refractivity contribution in [2.45, 2.75) is 374 Å². The Labute approximate surface area is 491 Å². The Balaban J connectivity index is 4.09. The molecule has 0 aliphatic rings. The van der Waals surface area contributed by atoms with Crippen molar-refractivity contribution >= 4 is 17.9 Å². The van der Waals surface area contributed by atoms with Crippen LogP contribution in [0, 0.1) is 0 Å². The second-order valence-corrected chi connectivity index (χ2v) is 23.4. The average molecular weight is 1110 g/mol. The second-order valence-electron chi connectivity index (χ2n) is 23.4. The second kappa shape index (κ2) is 67.6. The van der Waals surface area contributed by atoms with E-state index in [4.69, 9.17) is 14.2 Å². The fraction of sp³-hybridized carbons (Fsp3) is 0.822. The minimum atomic E-state index is -0.774. The quantitative estimate of drug-likeness (QED) is 0.0261. The highest BCUT2D eigenvalue weighted by Crippen LogP contribution is 2.18. The molecule has 1 unspecified atom stereocenters. The van der Waals surface area contributed by atoms with Crippen molar-refractivity contribution in [3.8, 4) is 0 Å². The Morgan fingerprint density at radius 1 is 0.266 bits per heavy atom. The van der Waals surface area contributed by atoms with Crippen molar-refractivity contribution in [3.05, 3.63) is 60.8 Å². The number of allylic oxidation sites excluding steroid dienone is 10. The summed E-state index contributed by atoms with van der Waals surface area (Å²) in [6, 6.07) is 0. The molecule has 0 saturated carbocycles. The molecule has 0 aromatic rings. The molecule has 79 heavy (non-hydrogen) atoms. The van der Waals surface area contributed by atoms with E-state index in [1.54, 1.807) is 0 Å². The van der Waals surface area contributed by atoms with Crippen LogP contribution in [0.25, 0.3) is 0 Å². The van der Waals surface area contributed by atoms with Crippen LogP contribution in [0.1, 0.15) is 367 Å². The summed E-state index contributed by atoms with van der Waals surface area (Å²) < 4.78 is 16.9. The lowest BCUT2D eigenvalue weighted by molar-refractivity contribution is -0.167. The number of esters is 3. The number of hydrogen-bond acceptors (Lipinski definition) is 6. The van der Waals surface area contributed by atoms with Crippen molar-refractivity contribution in [2.75, 3.05) is 13.2 Å². The van der Waals surface area contributed by atoms with Crippen LogP contribution in [-0.2, 0) is 28.6 Å². The molecule has 0 heterocycles. The van der Waals surface area contributed by atoms with E-state index in [0.717, 1.165) is 96.3 Å². The zero-order valence-electron chi connectivity index (χ0n) is 52.9. The zero-order chi connectivity index (χ0) is 57.1. The van der Waals surface area contributed by atoms with Gasteiger partial charge in [0, 0.05) is 19.3 Å². The molecule has 6 heteroatoms. The number of unbranched alkanes of at least 4 members (excludes halogenated alkanes) is 43. The molecule has 0 fully saturated rings. The van der Waals surface area contributed by atoms with E-state index in [2.05, 4.69) is 81.5 Å². The topological polar surface area (TPSA) is 78.9 Å². The SMILES string of the molecule is CC/C=C\C/C=C\C/C=C\C/C=C\C/C=C\CCCCCCCCCCCC(=O)OC(COC(=O)CCCCCCCCCC)COC(=O)CCCCCCCCCCCCCCCCCCCCCCCCCCCCCC. The molecule has 0 radical (unpaired) electrons. The molecule has 0 aromatic heterocycles. The van der Waals surface area contributed by atoms with Gasteiger partial charge < -0.3 is 14.2 Å². The molecule has 0 amide bonds. The lowest BCUT2D eigenvalue weighted by Crippen LogP contribution is -2.30. The third-order valence-corrected chi connectivity index (χ3v) is 15.5. The highest BCUT2D eigenvalue weighted by atomic mass is 16.6. The summed E-state index contributed by atoms with van der Waals surface area (Å²) in [7, 11) is 0. The maximum absolute atomic E-state index is 12.9. The molecule has 0 rings (SSSR count). The van der Waals surface area contributed by atoms with E-state index in [0.29, 0.717) is 19.3 Å². The standard InChI is InChI=1S/C73H132O6/c1-4-7-10-13-16-19-21-23-25-27-29-31-33-35-36-37-39-40-42-44-46-48-50-52-54-57-60-63-66-72(75)78-69-70(68-77-71(74)65-62-59-56-18-15-12-9-6-3)79-73(76)67-64-61-58-55-53-51-49-47-45-43-41-38-34-32-30-28-26-24-22-20-17-14-11-8-5-2/h8,11,17,20,24,26,30,32,38,41,70H,4-7,9-10,12-16,18-19,21-23,25,27-29,31,33-37,39-40,42-69H2,1-3H3/b11-8-,20-17-,26-24-,32-30-,41-38-. The third-order valence-electron chi connectivity index (χ3n) is 15.5. The molecule has 0 bridgehead atoms. The van der Waals surface area contributed by atoms with E-state index in [1.165, 1.54) is 231 Å². The molecular formula is C73H132O6. The Bertz CT molecular complexity index is 1410. The Hall–Kier alpha value is -2.89. The number of carbonyl (C=O) groups excluding carboxylic acids is 3. The summed E-state index contributed by atoms with van der Waals surface area (Å²) in [4.78, 5) is 38.2. The predicted molar refractivity (Wildman–Crippen MR) is 344 cm³/mol. The van der Waals surface area contributed by atoms with E-state index in [-0.39, 0.29) is 31.1 Å². The van der Waals surface area contributed by atoms with Gasteiger partial charge in [0.2, 0.25) is 0 Å². The molecule has 460 valence electrons. The van der Waals surface area contributed by atoms with Gasteiger partial charge in [0.25, 0.3) is 0 Å². The number of hydrogen-bond donors (Lipinski definition) is 0. The lowest BCUT2D eigenvalue weighted by Gasteiger charge is -2.18. The highest BCUT2D eigenvalue weighted by Gasteiger charge is 2.19. The molecule has 6 nitrogen and oxygen atoms in total. The van der Waals surface area contributed by atoms with Gasteiger partial charge >= 0.3 is 17.9 Å². The Kier molecular flexibility index (Phi) is 65.1. The number of ether oxygens (including phenoxy) is 3. The Morgan fingerprint density at radius 2 is 0.494 bits per heavy atom. The number of carbonyl (C=O) groups is 3. The molecule has 0 aromatic carbocycles. The van der Waals surface area contributed by atoms with Gasteiger partial charge in [-0.1, -0.05) is 345 Å². The van der Waals surface area contributed by atoms with E-state index < -0.39 is 6.10 Å². The first-order chi connectivity index (χ1) is 39.0. The van der Waals surface area contributed by atoms with E-state index >= 15 is 0 Å². The van der Waals surface area contributed by atoms with Crippen LogP contribution >= 0.6 is 0 Å². The van der Waals surface area contributed by atoms with Crippen molar-refractivity contribution in [1.29, 1.82) is 0 Å². The van der Waals surface area contributed by atoms with Crippen LogP contribution in [0.4, 0.5) is 0 Å². The summed E-state index contributed by atoms with van der Waals surface area (Å²) in [5.41, 5.74) is 0. The minimum Gasteiger partial charge on any atom is -0.462 e. The summed E-state index contributed by atoms with van der Waals surface area (Å²) in [6.07, 6.45) is 87.0. The van der Waals surface area contributed by atoms with Crippen LogP contribution in [0.2, 0.25) is 0 Å². The lowest BCUT2D eigenvalue weighted by atomic mass is 10.0. The predicted octanol–water partition coefficient (Wildman–Crippen LogP) is 23.9. The van der Waals surface area contributed by atoms with Gasteiger partial charge in [-0.2, -0.15) is 0 Å². The van der Waals surface area contributed by atoms with Gasteiger partial charge in [0.05, 0.1) is 0 Å². The molecule has 0 spiro atoms. The molecular weight excluding hydrogens is 973 g/mol. The van der Waals surface area contributed by atoms with Crippen LogP contribution in [0.15, 0.2) is 60.8 Å². The van der Waals surface area contributed by atoms with Crippen molar-refractivity contribution in [3.63, 3.8) is 0 Å². The number of rotatable bonds is 64. The Morgan fingerprint density at radius 3 is 0.772 bits per heavy atom. The molecule has 0 saturated heterocycles. The fourth-order valence-electron chi connectivity index (χ4n) is 10.4. The van der Waals surface area contributed by atoms with Crippen molar-refractivity contribution in [2.24, 2.45) is 0 Å². The van der Waals surface area contributed by atoms with Gasteiger partial charge in [-0.25, -0.2) is 0 Å². The van der Waals surface area contributed by atoms with Crippen LogP contribution < -0.4 is 0 Å². The summed E-state index contributed by atoms with van der Waals surface area (Å²) in [5.74, 6) is -0.862. The van der Waals surface area contributed by atoms with Gasteiger partial charge in [-0.3, -0.25) is 14.4 Å². The largest absolute Gasteiger partial charge is 0.462 e. The van der Waals surface area contributed by atoms with Gasteiger partial charge in [0.1, 0.15) is 13.2 Å². The monoisotopic (exact) mass is 1110 g/mol. The fourth-order valence-corrected chi connectivity index (χ4v) is 10.4. The van der Waals surface area contributed by atoms with Crippen LogP contribution in [0.5, 0.6) is 0 Å². The first-order valence-electron chi connectivity index (χ1n) is 34.8. The van der Waals surface area contributed by atoms with Crippen LogP contribution in [0.3, 0.4) is 0 Å². The van der Waals surface area contributed by atoms with Gasteiger partial charge in [0.15, 0.2) is 6.10 Å². The maximum atomic E-state index is 12.9. The van der Waals surface area contributed by atoms with Crippen LogP contribution in [-0.4, -0.2) is 37.2 Å². The molecule has 0 aliphatic heterocycles. The van der Waals surface area contributed by atoms with E-state index in [9.17, 15) is 14.4 Å².